The number of nitrogens with zero attached hydrogens (tertiary/aromatic N) is 2. The number of hydrogen-bond acceptors (Lipinski definition) is 5. The molecule has 0 aliphatic rings. The highest BCUT2D eigenvalue weighted by atomic mass is 16.6. The van der Waals surface area contributed by atoms with Crippen molar-refractivity contribution in [3.05, 3.63) is 27.8 Å². The van der Waals surface area contributed by atoms with E-state index in [2.05, 4.69) is 0 Å². The summed E-state index contributed by atoms with van der Waals surface area (Å²) in [5.74, 6) is 0.456. The molecule has 0 radical (unpaired) electrons. The van der Waals surface area contributed by atoms with Crippen LogP contribution in [0.4, 0.5) is 5.69 Å². The molecular weight excluding hydrogens is 248 g/mol. The zero-order valence-electron chi connectivity index (χ0n) is 11.0. The summed E-state index contributed by atoms with van der Waals surface area (Å²) in [6.07, 6.45) is 1.52. The van der Waals surface area contributed by atoms with Crippen LogP contribution in [0.3, 0.4) is 0 Å². The summed E-state index contributed by atoms with van der Waals surface area (Å²) < 4.78 is 10.7. The number of nitro groups is 1. The Balaban J connectivity index is 3.18. The molecule has 0 bridgehead atoms. The summed E-state index contributed by atoms with van der Waals surface area (Å²) in [4.78, 5) is 10.4. The van der Waals surface area contributed by atoms with E-state index in [4.69, 9.17) is 14.7 Å². The maximum Gasteiger partial charge on any atom is 0.312 e. The molecule has 6 heteroatoms. The van der Waals surface area contributed by atoms with Gasteiger partial charge in [0, 0.05) is 12.1 Å². The molecule has 0 atom stereocenters. The van der Waals surface area contributed by atoms with E-state index in [0.29, 0.717) is 19.0 Å². The van der Waals surface area contributed by atoms with Crippen molar-refractivity contribution in [1.29, 1.82) is 5.26 Å². The Labute approximate surface area is 111 Å². The molecule has 1 aromatic rings. The van der Waals surface area contributed by atoms with Crippen molar-refractivity contribution >= 4 is 5.69 Å². The van der Waals surface area contributed by atoms with Gasteiger partial charge in [-0.1, -0.05) is 13.8 Å². The first-order valence-electron chi connectivity index (χ1n) is 6.12. The second-order valence-corrected chi connectivity index (χ2v) is 3.88. The van der Waals surface area contributed by atoms with E-state index in [1.807, 2.05) is 19.9 Å². The molecule has 0 amide bonds. The fourth-order valence-corrected chi connectivity index (χ4v) is 1.44. The molecule has 0 aromatic heterocycles. The first kappa shape index (κ1) is 14.8. The van der Waals surface area contributed by atoms with Gasteiger partial charge in [-0.3, -0.25) is 10.1 Å². The standard InChI is InChI=1S/C13H16N2O4/c1-3-5-18-12-8-13(19-6-4-2)11(15(16)17)7-10(12)9-14/h7-8H,3-6H2,1-2H3. The first-order valence-corrected chi connectivity index (χ1v) is 6.12. The maximum absolute atomic E-state index is 11.0. The first-order chi connectivity index (χ1) is 9.13. The maximum atomic E-state index is 11.0. The molecule has 0 heterocycles. The number of rotatable bonds is 7. The molecule has 0 saturated carbocycles. The van der Waals surface area contributed by atoms with E-state index in [0.717, 1.165) is 12.8 Å². The average Bonchev–Trinajstić information content (AvgIpc) is 2.42. The Kier molecular flexibility index (Phi) is 5.61. The van der Waals surface area contributed by atoms with Gasteiger partial charge in [0.25, 0.3) is 0 Å². The van der Waals surface area contributed by atoms with Gasteiger partial charge in [0.2, 0.25) is 5.75 Å². The average molecular weight is 264 g/mol. The van der Waals surface area contributed by atoms with Crippen molar-refractivity contribution in [1.82, 2.24) is 0 Å². The van der Waals surface area contributed by atoms with Crippen molar-refractivity contribution in [3.8, 4) is 17.6 Å². The van der Waals surface area contributed by atoms with Crippen molar-refractivity contribution in [3.63, 3.8) is 0 Å². The molecule has 102 valence electrons. The molecule has 0 unspecified atom stereocenters. The Morgan fingerprint density at radius 2 is 1.79 bits per heavy atom. The second kappa shape index (κ2) is 7.21. The molecule has 0 aliphatic heterocycles. The summed E-state index contributed by atoms with van der Waals surface area (Å²) in [5, 5.41) is 20.0. The van der Waals surface area contributed by atoms with Gasteiger partial charge in [0.05, 0.1) is 18.1 Å². The Morgan fingerprint density at radius 3 is 2.26 bits per heavy atom. The lowest BCUT2D eigenvalue weighted by Gasteiger charge is -2.10. The molecule has 0 N–H and O–H groups in total. The summed E-state index contributed by atoms with van der Waals surface area (Å²) in [6.45, 7) is 4.66. The monoisotopic (exact) mass is 264 g/mol. The molecule has 0 spiro atoms. The second-order valence-electron chi connectivity index (χ2n) is 3.88. The lowest BCUT2D eigenvalue weighted by Crippen LogP contribution is -2.03. The van der Waals surface area contributed by atoms with Gasteiger partial charge >= 0.3 is 5.69 Å². The predicted molar refractivity (Wildman–Crippen MR) is 69.4 cm³/mol. The molecule has 6 nitrogen and oxygen atoms in total. The minimum Gasteiger partial charge on any atom is -0.492 e. The Bertz CT molecular complexity index is 494. The van der Waals surface area contributed by atoms with Crippen LogP contribution in [0.2, 0.25) is 0 Å². The van der Waals surface area contributed by atoms with Crippen LogP contribution in [0.5, 0.6) is 11.5 Å². The third kappa shape index (κ3) is 3.85. The summed E-state index contributed by atoms with van der Waals surface area (Å²) in [7, 11) is 0. The number of hydrogen-bond donors (Lipinski definition) is 0. The fraction of sp³-hybridized carbons (Fsp3) is 0.462. The molecule has 0 aliphatic carbocycles. The van der Waals surface area contributed by atoms with Crippen LogP contribution < -0.4 is 9.47 Å². The SMILES string of the molecule is CCCOc1cc(OCCC)c([N+](=O)[O-])cc1C#N. The number of benzene rings is 1. The highest BCUT2D eigenvalue weighted by Gasteiger charge is 2.20. The molecule has 19 heavy (non-hydrogen) atoms. The summed E-state index contributed by atoms with van der Waals surface area (Å²) in [5.41, 5.74) is -0.0714. The molecule has 1 aromatic carbocycles. The van der Waals surface area contributed by atoms with Gasteiger partial charge in [0.15, 0.2) is 0 Å². The van der Waals surface area contributed by atoms with Crippen molar-refractivity contribution < 1.29 is 14.4 Å². The van der Waals surface area contributed by atoms with Crippen molar-refractivity contribution in [2.75, 3.05) is 13.2 Å². The highest BCUT2D eigenvalue weighted by molar-refractivity contribution is 5.58. The van der Waals surface area contributed by atoms with E-state index >= 15 is 0 Å². The van der Waals surface area contributed by atoms with Crippen LogP contribution in [0.15, 0.2) is 12.1 Å². The molecular formula is C13H16N2O4. The van der Waals surface area contributed by atoms with Crippen LogP contribution in [-0.4, -0.2) is 18.1 Å². The van der Waals surface area contributed by atoms with Crippen LogP contribution in [0.25, 0.3) is 0 Å². The summed E-state index contributed by atoms with van der Waals surface area (Å²) in [6, 6.07) is 4.51. The quantitative estimate of drug-likeness (QED) is 0.558. The Morgan fingerprint density at radius 1 is 1.21 bits per heavy atom. The van der Waals surface area contributed by atoms with E-state index in [1.54, 1.807) is 0 Å². The third-order valence-corrected chi connectivity index (χ3v) is 2.30. The number of nitriles is 1. The Hall–Kier alpha value is -2.29. The van der Waals surface area contributed by atoms with Crippen molar-refractivity contribution in [2.24, 2.45) is 0 Å². The number of ether oxygens (including phenoxy) is 2. The lowest BCUT2D eigenvalue weighted by atomic mass is 10.2. The topological polar surface area (TPSA) is 85.4 Å². The zero-order valence-corrected chi connectivity index (χ0v) is 11.0. The largest absolute Gasteiger partial charge is 0.492 e. The zero-order chi connectivity index (χ0) is 14.3. The third-order valence-electron chi connectivity index (χ3n) is 2.30. The minimum atomic E-state index is -0.560. The predicted octanol–water partition coefficient (Wildman–Crippen LogP) is 3.04. The number of nitro benzene ring substituents is 1. The van der Waals surface area contributed by atoms with Crippen LogP contribution in [-0.2, 0) is 0 Å². The molecule has 0 saturated heterocycles. The minimum absolute atomic E-state index is 0.136. The van der Waals surface area contributed by atoms with Crippen LogP contribution in [0, 0.1) is 21.4 Å². The van der Waals surface area contributed by atoms with E-state index in [9.17, 15) is 10.1 Å². The molecule has 1 rings (SSSR count). The van der Waals surface area contributed by atoms with Gasteiger partial charge < -0.3 is 9.47 Å². The smallest absolute Gasteiger partial charge is 0.312 e. The van der Waals surface area contributed by atoms with Crippen molar-refractivity contribution in [2.45, 2.75) is 26.7 Å². The fourth-order valence-electron chi connectivity index (χ4n) is 1.44. The van der Waals surface area contributed by atoms with E-state index < -0.39 is 4.92 Å². The van der Waals surface area contributed by atoms with E-state index in [1.165, 1.54) is 12.1 Å². The van der Waals surface area contributed by atoms with Gasteiger partial charge in [-0.25, -0.2) is 0 Å². The van der Waals surface area contributed by atoms with Crippen LogP contribution in [0.1, 0.15) is 32.3 Å². The summed E-state index contributed by atoms with van der Waals surface area (Å²) >= 11 is 0. The van der Waals surface area contributed by atoms with Crippen LogP contribution >= 0.6 is 0 Å². The molecule has 0 fully saturated rings. The van der Waals surface area contributed by atoms with Gasteiger partial charge in [-0.15, -0.1) is 0 Å². The lowest BCUT2D eigenvalue weighted by molar-refractivity contribution is -0.385. The van der Waals surface area contributed by atoms with Gasteiger partial charge in [-0.05, 0) is 12.8 Å². The highest BCUT2D eigenvalue weighted by Crippen LogP contribution is 2.34. The van der Waals surface area contributed by atoms with E-state index in [-0.39, 0.29) is 17.0 Å². The van der Waals surface area contributed by atoms with Gasteiger partial charge in [-0.2, -0.15) is 5.26 Å². The normalized spacial score (nSPS) is 9.74. The van der Waals surface area contributed by atoms with Gasteiger partial charge in [0.1, 0.15) is 17.4 Å².